The number of hydrogen-bond acceptors (Lipinski definition) is 4. The van der Waals surface area contributed by atoms with Crippen molar-refractivity contribution in [2.45, 2.75) is 24.0 Å². The molecular formula is C19H15Cl2FN4OS. The van der Waals surface area contributed by atoms with Crippen molar-refractivity contribution in [3.63, 3.8) is 0 Å². The normalized spacial score (nSPS) is 13.5. The molecule has 1 heterocycles. The summed E-state index contributed by atoms with van der Waals surface area (Å²) in [4.78, 5) is 12.3. The molecule has 28 heavy (non-hydrogen) atoms. The zero-order valence-electron chi connectivity index (χ0n) is 14.5. The van der Waals surface area contributed by atoms with Crippen molar-refractivity contribution >= 4 is 46.6 Å². The number of rotatable bonds is 6. The summed E-state index contributed by atoms with van der Waals surface area (Å²) in [7, 11) is 0. The van der Waals surface area contributed by atoms with Crippen molar-refractivity contribution in [2.75, 3.05) is 11.1 Å². The third-order valence-corrected chi connectivity index (χ3v) is 6.01. The number of hydrogen-bond donors (Lipinski definition) is 1. The number of carbonyl (C=O) groups is 1. The molecule has 9 heteroatoms. The van der Waals surface area contributed by atoms with Crippen molar-refractivity contribution in [3.8, 4) is 11.4 Å². The second kappa shape index (κ2) is 8.11. The molecule has 0 atom stereocenters. The zero-order chi connectivity index (χ0) is 19.7. The number of anilines is 1. The van der Waals surface area contributed by atoms with Crippen molar-refractivity contribution in [1.29, 1.82) is 0 Å². The lowest BCUT2D eigenvalue weighted by Gasteiger charge is -2.10. The fourth-order valence-corrected chi connectivity index (χ4v) is 3.93. The van der Waals surface area contributed by atoms with Gasteiger partial charge in [-0.3, -0.25) is 9.36 Å². The van der Waals surface area contributed by atoms with Gasteiger partial charge in [0.15, 0.2) is 11.0 Å². The number of carbonyl (C=O) groups excluding carboxylic acids is 1. The summed E-state index contributed by atoms with van der Waals surface area (Å²) in [6.07, 6.45) is 1.97. The molecule has 4 rings (SSSR count). The third kappa shape index (κ3) is 4.01. The molecule has 3 aromatic rings. The van der Waals surface area contributed by atoms with Crippen molar-refractivity contribution in [1.82, 2.24) is 14.8 Å². The van der Waals surface area contributed by atoms with E-state index >= 15 is 0 Å². The quantitative estimate of drug-likeness (QED) is 0.521. The van der Waals surface area contributed by atoms with E-state index in [0.717, 1.165) is 12.8 Å². The lowest BCUT2D eigenvalue weighted by atomic mass is 10.2. The highest BCUT2D eigenvalue weighted by Gasteiger charge is 2.31. The molecule has 5 nitrogen and oxygen atoms in total. The summed E-state index contributed by atoms with van der Waals surface area (Å²) >= 11 is 13.3. The van der Waals surface area contributed by atoms with Gasteiger partial charge in [-0.1, -0.05) is 53.2 Å². The van der Waals surface area contributed by atoms with Crippen LogP contribution in [-0.2, 0) is 4.79 Å². The Labute approximate surface area is 175 Å². The van der Waals surface area contributed by atoms with Crippen LogP contribution in [0.3, 0.4) is 0 Å². The Hall–Kier alpha value is -2.09. The number of aromatic nitrogens is 3. The third-order valence-electron chi connectivity index (χ3n) is 4.25. The molecule has 0 spiro atoms. The van der Waals surface area contributed by atoms with Crippen molar-refractivity contribution in [2.24, 2.45) is 0 Å². The highest BCUT2D eigenvalue weighted by atomic mass is 35.5. The zero-order valence-corrected chi connectivity index (χ0v) is 16.9. The van der Waals surface area contributed by atoms with Gasteiger partial charge in [-0.05, 0) is 37.1 Å². The Morgan fingerprint density at radius 3 is 2.71 bits per heavy atom. The number of benzene rings is 2. The molecular weight excluding hydrogens is 422 g/mol. The Morgan fingerprint density at radius 1 is 1.18 bits per heavy atom. The SMILES string of the molecule is O=C(CSc1nnc(-c2ccccc2F)n1C1CC1)Nc1cccc(Cl)c1Cl. The Bertz CT molecular complexity index is 1040. The summed E-state index contributed by atoms with van der Waals surface area (Å²) in [5.74, 6) is 0.0142. The lowest BCUT2D eigenvalue weighted by Crippen LogP contribution is -2.15. The van der Waals surface area contributed by atoms with Crippen LogP contribution >= 0.6 is 35.0 Å². The van der Waals surface area contributed by atoms with Crippen LogP contribution < -0.4 is 5.32 Å². The van der Waals surface area contributed by atoms with Crippen LogP contribution in [0.4, 0.5) is 10.1 Å². The summed E-state index contributed by atoms with van der Waals surface area (Å²) in [6.45, 7) is 0. The fraction of sp³-hybridized carbons (Fsp3) is 0.211. The van der Waals surface area contributed by atoms with Gasteiger partial charge in [-0.2, -0.15) is 0 Å². The molecule has 0 radical (unpaired) electrons. The predicted octanol–water partition coefficient (Wildman–Crippen LogP) is 5.46. The first-order chi connectivity index (χ1) is 13.5. The summed E-state index contributed by atoms with van der Waals surface area (Å²) in [5.41, 5.74) is 0.861. The van der Waals surface area contributed by atoms with Gasteiger partial charge in [0.05, 0.1) is 27.0 Å². The smallest absolute Gasteiger partial charge is 0.234 e. The summed E-state index contributed by atoms with van der Waals surface area (Å²) in [6, 6.07) is 11.8. The van der Waals surface area contributed by atoms with Crippen LogP contribution in [0.1, 0.15) is 18.9 Å². The largest absolute Gasteiger partial charge is 0.324 e. The molecule has 1 aliphatic carbocycles. The average molecular weight is 437 g/mol. The molecule has 0 saturated heterocycles. The topological polar surface area (TPSA) is 59.8 Å². The van der Waals surface area contributed by atoms with Crippen LogP contribution in [-0.4, -0.2) is 26.4 Å². The van der Waals surface area contributed by atoms with E-state index in [-0.39, 0.29) is 23.5 Å². The number of halogens is 3. The van der Waals surface area contributed by atoms with Crippen molar-refractivity contribution in [3.05, 3.63) is 58.3 Å². The first-order valence-electron chi connectivity index (χ1n) is 8.61. The minimum atomic E-state index is -0.346. The fourth-order valence-electron chi connectivity index (χ4n) is 2.78. The number of thioether (sulfide) groups is 1. The maximum atomic E-state index is 14.2. The van der Waals surface area contributed by atoms with E-state index in [9.17, 15) is 9.18 Å². The van der Waals surface area contributed by atoms with Crippen molar-refractivity contribution < 1.29 is 9.18 Å². The molecule has 144 valence electrons. The lowest BCUT2D eigenvalue weighted by molar-refractivity contribution is -0.113. The van der Waals surface area contributed by atoms with E-state index in [1.165, 1.54) is 17.8 Å². The highest BCUT2D eigenvalue weighted by molar-refractivity contribution is 7.99. The van der Waals surface area contributed by atoms with Gasteiger partial charge < -0.3 is 5.32 Å². The molecule has 1 amide bonds. The van der Waals surface area contributed by atoms with Crippen LogP contribution in [0.5, 0.6) is 0 Å². The second-order valence-electron chi connectivity index (χ2n) is 6.33. The second-order valence-corrected chi connectivity index (χ2v) is 8.05. The van der Waals surface area contributed by atoms with E-state index in [2.05, 4.69) is 15.5 Å². The first kappa shape index (κ1) is 19.2. The number of nitrogens with zero attached hydrogens (tertiary/aromatic N) is 3. The molecule has 2 aromatic carbocycles. The Balaban J connectivity index is 1.50. The predicted molar refractivity (Wildman–Crippen MR) is 110 cm³/mol. The minimum absolute atomic E-state index is 0.116. The van der Waals surface area contributed by atoms with Crippen LogP contribution in [0.25, 0.3) is 11.4 Å². The minimum Gasteiger partial charge on any atom is -0.324 e. The van der Waals surface area contributed by atoms with Crippen LogP contribution in [0, 0.1) is 5.82 Å². The van der Waals surface area contributed by atoms with E-state index < -0.39 is 0 Å². The standard InChI is InChI=1S/C19H15Cl2FN4OS/c20-13-5-3-7-15(17(13)21)23-16(27)10-28-19-25-24-18(26(19)11-8-9-11)12-4-1-2-6-14(12)22/h1-7,11H,8-10H2,(H,23,27). The summed E-state index contributed by atoms with van der Waals surface area (Å²) in [5, 5.41) is 12.4. The van der Waals surface area contributed by atoms with E-state index in [1.807, 2.05) is 4.57 Å². The Morgan fingerprint density at radius 2 is 1.96 bits per heavy atom. The maximum absolute atomic E-state index is 14.2. The molecule has 1 N–H and O–H groups in total. The molecule has 1 aliphatic rings. The molecule has 0 bridgehead atoms. The average Bonchev–Trinajstić information content (AvgIpc) is 3.44. The summed E-state index contributed by atoms with van der Waals surface area (Å²) < 4.78 is 16.1. The molecule has 0 aliphatic heterocycles. The molecule has 0 unspecified atom stereocenters. The maximum Gasteiger partial charge on any atom is 0.234 e. The van der Waals surface area contributed by atoms with Gasteiger partial charge in [-0.15, -0.1) is 10.2 Å². The Kier molecular flexibility index (Phi) is 5.57. The van der Waals surface area contributed by atoms with Gasteiger partial charge in [0.2, 0.25) is 5.91 Å². The monoisotopic (exact) mass is 436 g/mol. The van der Waals surface area contributed by atoms with Gasteiger partial charge in [0, 0.05) is 6.04 Å². The van der Waals surface area contributed by atoms with Gasteiger partial charge in [-0.25, -0.2) is 4.39 Å². The van der Waals surface area contributed by atoms with Gasteiger partial charge in [0.25, 0.3) is 0 Å². The first-order valence-corrected chi connectivity index (χ1v) is 10.3. The molecule has 1 aromatic heterocycles. The number of nitrogens with one attached hydrogen (secondary N) is 1. The van der Waals surface area contributed by atoms with Gasteiger partial charge in [0.1, 0.15) is 5.82 Å². The van der Waals surface area contributed by atoms with E-state index in [0.29, 0.717) is 32.3 Å². The molecule has 1 saturated carbocycles. The van der Waals surface area contributed by atoms with Crippen LogP contribution in [0.15, 0.2) is 47.6 Å². The number of amides is 1. The van der Waals surface area contributed by atoms with Gasteiger partial charge >= 0.3 is 0 Å². The van der Waals surface area contributed by atoms with Crippen LogP contribution in [0.2, 0.25) is 10.0 Å². The van der Waals surface area contributed by atoms with E-state index in [1.54, 1.807) is 36.4 Å². The molecule has 1 fully saturated rings. The highest BCUT2D eigenvalue weighted by Crippen LogP contribution is 2.41. The van der Waals surface area contributed by atoms with E-state index in [4.69, 9.17) is 23.2 Å².